The minimum Gasteiger partial charge on any atom is -0.497 e. The lowest BCUT2D eigenvalue weighted by atomic mass is 9.98. The van der Waals surface area contributed by atoms with Crippen LogP contribution in [0.5, 0.6) is 11.5 Å². The van der Waals surface area contributed by atoms with E-state index in [0.29, 0.717) is 12.2 Å². The van der Waals surface area contributed by atoms with Gasteiger partial charge in [0.1, 0.15) is 11.5 Å². The van der Waals surface area contributed by atoms with Crippen LogP contribution in [0.3, 0.4) is 0 Å². The van der Waals surface area contributed by atoms with E-state index in [1.165, 1.54) is 0 Å². The number of hydrogen-bond acceptors (Lipinski definition) is 6. The first-order chi connectivity index (χ1) is 17.6. The molecule has 2 amide bonds. The third-order valence-electron chi connectivity index (χ3n) is 6.50. The van der Waals surface area contributed by atoms with Crippen LogP contribution in [-0.4, -0.2) is 55.9 Å². The summed E-state index contributed by atoms with van der Waals surface area (Å²) in [5.74, 6) is 0.938. The summed E-state index contributed by atoms with van der Waals surface area (Å²) in [6.07, 6.45) is -0.111. The van der Waals surface area contributed by atoms with Crippen molar-refractivity contribution in [3.63, 3.8) is 0 Å². The molecule has 0 saturated carbocycles. The van der Waals surface area contributed by atoms with E-state index >= 15 is 0 Å². The van der Waals surface area contributed by atoms with Crippen LogP contribution < -0.4 is 19.7 Å². The molecule has 2 atom stereocenters. The summed E-state index contributed by atoms with van der Waals surface area (Å²) < 4.78 is 11.2. The predicted molar refractivity (Wildman–Crippen MR) is 137 cm³/mol. The Morgan fingerprint density at radius 3 is 2.47 bits per heavy atom. The van der Waals surface area contributed by atoms with Gasteiger partial charge in [0.05, 0.1) is 37.6 Å². The quantitative estimate of drug-likeness (QED) is 0.580. The maximum atomic E-state index is 13.8. The lowest BCUT2D eigenvalue weighted by Crippen LogP contribution is -2.50. The molecule has 0 saturated heterocycles. The molecule has 0 unspecified atom stereocenters. The summed E-state index contributed by atoms with van der Waals surface area (Å²) in [4.78, 5) is 28.0. The fourth-order valence-electron chi connectivity index (χ4n) is 4.62. The largest absolute Gasteiger partial charge is 0.497 e. The highest BCUT2D eigenvalue weighted by molar-refractivity contribution is 6.03. The lowest BCUT2D eigenvalue weighted by molar-refractivity contribution is -0.132. The highest BCUT2D eigenvalue weighted by Crippen LogP contribution is 2.36. The summed E-state index contributed by atoms with van der Waals surface area (Å²) >= 11 is 0. The van der Waals surface area contributed by atoms with Crippen molar-refractivity contribution < 1.29 is 19.1 Å². The van der Waals surface area contributed by atoms with E-state index in [0.717, 1.165) is 28.3 Å². The van der Waals surface area contributed by atoms with Gasteiger partial charge in [-0.3, -0.25) is 9.59 Å². The van der Waals surface area contributed by atoms with E-state index in [4.69, 9.17) is 14.6 Å². The molecule has 2 heterocycles. The Balaban J connectivity index is 1.44. The molecule has 5 rings (SSSR count). The van der Waals surface area contributed by atoms with Crippen LogP contribution in [-0.2, 0) is 9.59 Å². The fraction of sp³-hybridized carbons (Fsp3) is 0.250. The van der Waals surface area contributed by atoms with Gasteiger partial charge in [-0.15, -0.1) is 0 Å². The molecule has 36 heavy (non-hydrogen) atoms. The predicted octanol–water partition coefficient (Wildman–Crippen LogP) is 3.39. The van der Waals surface area contributed by atoms with Gasteiger partial charge in [-0.2, -0.15) is 5.10 Å². The second-order valence-electron chi connectivity index (χ2n) is 8.71. The third kappa shape index (κ3) is 4.62. The number of para-hydroxylation sites is 2. The first kappa shape index (κ1) is 23.4. The highest BCUT2D eigenvalue weighted by Gasteiger charge is 2.36. The molecule has 8 heteroatoms. The number of benzene rings is 3. The van der Waals surface area contributed by atoms with Crippen molar-refractivity contribution in [3.05, 3.63) is 90.0 Å². The molecule has 2 aliphatic heterocycles. The number of anilines is 1. The van der Waals surface area contributed by atoms with Crippen molar-refractivity contribution in [1.29, 1.82) is 0 Å². The normalized spacial score (nSPS) is 18.7. The summed E-state index contributed by atoms with van der Waals surface area (Å²) in [6.45, 7) is 0.324. The average Bonchev–Trinajstić information content (AvgIpc) is 3.39. The van der Waals surface area contributed by atoms with Crippen LogP contribution in [0.2, 0.25) is 0 Å². The molecule has 184 valence electrons. The van der Waals surface area contributed by atoms with Crippen molar-refractivity contribution in [2.24, 2.45) is 5.10 Å². The number of amides is 2. The average molecular weight is 485 g/mol. The number of nitrogens with zero attached hydrogens (tertiary/aromatic N) is 3. The molecule has 3 aromatic rings. The first-order valence-corrected chi connectivity index (χ1v) is 11.9. The maximum Gasteiger partial charge on any atom is 0.262 e. The molecule has 2 aliphatic rings. The van der Waals surface area contributed by atoms with Crippen LogP contribution in [0, 0.1) is 0 Å². The number of carbonyl (C=O) groups excluding carboxylic acids is 2. The van der Waals surface area contributed by atoms with Gasteiger partial charge in [-0.1, -0.05) is 54.6 Å². The Labute approximate surface area is 210 Å². The zero-order valence-electron chi connectivity index (χ0n) is 20.3. The summed E-state index contributed by atoms with van der Waals surface area (Å²) in [5, 5.41) is 9.00. The molecule has 0 aliphatic carbocycles. The van der Waals surface area contributed by atoms with Crippen LogP contribution in [0.25, 0.3) is 0 Å². The molecule has 0 fully saturated rings. The number of rotatable bonds is 6. The lowest BCUT2D eigenvalue weighted by Gasteiger charge is -2.36. The van der Waals surface area contributed by atoms with E-state index < -0.39 is 6.10 Å². The Morgan fingerprint density at radius 1 is 1.03 bits per heavy atom. The number of hydrogen-bond donors (Lipinski definition) is 1. The van der Waals surface area contributed by atoms with Crippen molar-refractivity contribution in [2.75, 3.05) is 32.1 Å². The van der Waals surface area contributed by atoms with Crippen LogP contribution in [0.15, 0.2) is 84.0 Å². The van der Waals surface area contributed by atoms with Gasteiger partial charge in [0.15, 0.2) is 6.10 Å². The van der Waals surface area contributed by atoms with Gasteiger partial charge in [-0.05, 0) is 35.4 Å². The van der Waals surface area contributed by atoms with E-state index in [1.807, 2.05) is 83.8 Å². The van der Waals surface area contributed by atoms with E-state index in [-0.39, 0.29) is 30.9 Å². The molecule has 0 aromatic heterocycles. The Morgan fingerprint density at radius 2 is 1.75 bits per heavy atom. The molecule has 8 nitrogen and oxygen atoms in total. The highest BCUT2D eigenvalue weighted by atomic mass is 16.5. The van der Waals surface area contributed by atoms with Crippen molar-refractivity contribution in [2.45, 2.75) is 18.6 Å². The summed E-state index contributed by atoms with van der Waals surface area (Å²) in [7, 11) is 3.20. The van der Waals surface area contributed by atoms with Crippen LogP contribution >= 0.6 is 0 Å². The van der Waals surface area contributed by atoms with Crippen molar-refractivity contribution in [3.8, 4) is 11.5 Å². The van der Waals surface area contributed by atoms with Gasteiger partial charge in [0.2, 0.25) is 0 Å². The number of methoxy groups -OCH3 is 1. The SMILES string of the molecule is CNC(=O)[C@@H]1CN(CC(=O)N2N=C(c3ccccc3)C[C@H]2c2ccc(OC)cc2)c2ccccc2O1. The number of ether oxygens (including phenoxy) is 2. The molecular weight excluding hydrogens is 456 g/mol. The summed E-state index contributed by atoms with van der Waals surface area (Å²) in [5.41, 5.74) is 3.60. The minimum atomic E-state index is -0.711. The van der Waals surface area contributed by atoms with E-state index in [1.54, 1.807) is 19.2 Å². The monoisotopic (exact) mass is 484 g/mol. The second-order valence-corrected chi connectivity index (χ2v) is 8.71. The molecule has 0 radical (unpaired) electrons. The fourth-order valence-corrected chi connectivity index (χ4v) is 4.62. The minimum absolute atomic E-state index is 0.0616. The second kappa shape index (κ2) is 10.1. The molecule has 1 N–H and O–H groups in total. The number of nitrogens with one attached hydrogen (secondary N) is 1. The number of likely N-dealkylation sites (N-methyl/N-ethyl adjacent to an activating group) is 1. The Bertz CT molecular complexity index is 1280. The molecule has 3 aromatic carbocycles. The number of carbonyl (C=O) groups is 2. The van der Waals surface area contributed by atoms with Gasteiger partial charge in [0, 0.05) is 13.5 Å². The number of hydrazone groups is 1. The van der Waals surface area contributed by atoms with Crippen molar-refractivity contribution in [1.82, 2.24) is 10.3 Å². The van der Waals surface area contributed by atoms with Gasteiger partial charge >= 0.3 is 0 Å². The topological polar surface area (TPSA) is 83.5 Å². The molecular formula is C28H28N4O4. The van der Waals surface area contributed by atoms with E-state index in [2.05, 4.69) is 5.32 Å². The smallest absolute Gasteiger partial charge is 0.262 e. The van der Waals surface area contributed by atoms with Crippen LogP contribution in [0.4, 0.5) is 5.69 Å². The third-order valence-corrected chi connectivity index (χ3v) is 6.50. The molecule has 0 bridgehead atoms. The summed E-state index contributed by atoms with van der Waals surface area (Å²) in [6, 6.07) is 24.8. The van der Waals surface area contributed by atoms with Gasteiger partial charge in [-0.25, -0.2) is 5.01 Å². The Kier molecular flexibility index (Phi) is 6.58. The van der Waals surface area contributed by atoms with Gasteiger partial charge < -0.3 is 19.7 Å². The maximum absolute atomic E-state index is 13.8. The van der Waals surface area contributed by atoms with Crippen molar-refractivity contribution >= 4 is 23.2 Å². The standard InChI is InChI=1S/C28H28N4O4/c1-29-28(34)26-17-31(23-10-6-7-11-25(23)36-26)18-27(33)32-24(20-12-14-21(35-2)15-13-20)16-22(30-32)19-8-4-3-5-9-19/h3-15,24,26H,16-18H2,1-2H3,(H,29,34)/t24-,26-/m0/s1. The van der Waals surface area contributed by atoms with Crippen LogP contribution in [0.1, 0.15) is 23.6 Å². The molecule has 0 spiro atoms. The first-order valence-electron chi connectivity index (χ1n) is 11.9. The Hall–Kier alpha value is -4.33. The zero-order valence-corrected chi connectivity index (χ0v) is 20.3. The number of fused-ring (bicyclic) bond motifs is 1. The zero-order chi connectivity index (χ0) is 25.1. The van der Waals surface area contributed by atoms with E-state index in [9.17, 15) is 9.59 Å². The van der Waals surface area contributed by atoms with Gasteiger partial charge in [0.25, 0.3) is 11.8 Å².